The standard InChI is InChI=1S/C10H16N2/c1-2-10-7-9(1)12(10)8-3-5-11-6-4-8/h3,5,8-11H,1-2,4,6-7H2. The van der Waals surface area contributed by atoms with Crippen LogP contribution in [0.5, 0.6) is 0 Å². The van der Waals surface area contributed by atoms with Crippen molar-refractivity contribution < 1.29 is 0 Å². The zero-order valence-corrected chi connectivity index (χ0v) is 7.37. The maximum Gasteiger partial charge on any atom is 0.0317 e. The van der Waals surface area contributed by atoms with E-state index in [2.05, 4.69) is 22.5 Å². The number of hydrogen-bond acceptors (Lipinski definition) is 2. The molecular weight excluding hydrogens is 148 g/mol. The fraction of sp³-hybridized carbons (Fsp3) is 0.800. The van der Waals surface area contributed by atoms with Crippen LogP contribution >= 0.6 is 0 Å². The van der Waals surface area contributed by atoms with Gasteiger partial charge < -0.3 is 5.32 Å². The summed E-state index contributed by atoms with van der Waals surface area (Å²) in [4.78, 5) is 2.73. The van der Waals surface area contributed by atoms with Crippen LogP contribution in [-0.2, 0) is 0 Å². The van der Waals surface area contributed by atoms with E-state index in [4.69, 9.17) is 0 Å². The average molecular weight is 164 g/mol. The molecule has 3 fully saturated rings. The molecule has 0 amide bonds. The second-order valence-corrected chi connectivity index (χ2v) is 4.24. The Bertz CT molecular complexity index is 198. The molecule has 66 valence electrons. The molecule has 3 atom stereocenters. The zero-order valence-electron chi connectivity index (χ0n) is 7.37. The molecule has 1 saturated carbocycles. The van der Waals surface area contributed by atoms with Crippen LogP contribution in [0.2, 0.25) is 0 Å². The summed E-state index contributed by atoms with van der Waals surface area (Å²) in [6.07, 6.45) is 10.2. The molecule has 1 N–H and O–H groups in total. The van der Waals surface area contributed by atoms with Crippen LogP contribution < -0.4 is 5.32 Å². The Morgan fingerprint density at radius 1 is 1.17 bits per heavy atom. The lowest BCUT2D eigenvalue weighted by atomic mass is 9.97. The normalized spacial score (nSPS) is 45.5. The average Bonchev–Trinajstić information content (AvgIpc) is 2.66. The summed E-state index contributed by atoms with van der Waals surface area (Å²) >= 11 is 0. The van der Waals surface area contributed by atoms with E-state index in [-0.39, 0.29) is 0 Å². The van der Waals surface area contributed by atoms with E-state index in [1.54, 1.807) is 0 Å². The van der Waals surface area contributed by atoms with E-state index in [1.807, 2.05) is 0 Å². The van der Waals surface area contributed by atoms with Crippen molar-refractivity contribution in [3.8, 4) is 0 Å². The van der Waals surface area contributed by atoms with Gasteiger partial charge in [-0.2, -0.15) is 0 Å². The Hall–Kier alpha value is -0.500. The van der Waals surface area contributed by atoms with Crippen LogP contribution in [0.15, 0.2) is 12.3 Å². The van der Waals surface area contributed by atoms with Crippen LogP contribution in [0.4, 0.5) is 0 Å². The first-order valence-electron chi connectivity index (χ1n) is 5.12. The van der Waals surface area contributed by atoms with Crippen molar-refractivity contribution in [1.29, 1.82) is 0 Å². The maximum absolute atomic E-state index is 3.26. The second-order valence-electron chi connectivity index (χ2n) is 4.24. The van der Waals surface area contributed by atoms with Crippen molar-refractivity contribution in [1.82, 2.24) is 10.2 Å². The molecule has 1 aliphatic carbocycles. The maximum atomic E-state index is 3.26. The van der Waals surface area contributed by atoms with Gasteiger partial charge in [-0.05, 0) is 31.9 Å². The minimum atomic E-state index is 0.762. The molecular formula is C10H16N2. The molecule has 12 heavy (non-hydrogen) atoms. The van der Waals surface area contributed by atoms with Gasteiger partial charge in [-0.1, -0.05) is 6.08 Å². The summed E-state index contributed by atoms with van der Waals surface area (Å²) in [5.41, 5.74) is 0. The first-order chi connectivity index (χ1) is 5.95. The fourth-order valence-corrected chi connectivity index (χ4v) is 3.02. The van der Waals surface area contributed by atoms with Gasteiger partial charge in [0.15, 0.2) is 0 Å². The molecule has 0 aromatic carbocycles. The summed E-state index contributed by atoms with van der Waals surface area (Å²) in [6, 6.07) is 2.66. The Balaban J connectivity index is 1.73. The smallest absolute Gasteiger partial charge is 0.0317 e. The highest BCUT2D eigenvalue weighted by Gasteiger charge is 2.46. The summed E-state index contributed by atoms with van der Waals surface area (Å²) in [5, 5.41) is 3.26. The summed E-state index contributed by atoms with van der Waals surface area (Å²) in [7, 11) is 0. The summed E-state index contributed by atoms with van der Waals surface area (Å²) in [5.74, 6) is 0. The van der Waals surface area contributed by atoms with Gasteiger partial charge in [-0.15, -0.1) is 0 Å². The molecule has 3 heterocycles. The first-order valence-corrected chi connectivity index (χ1v) is 5.12. The number of fused-ring (bicyclic) bond motifs is 1. The van der Waals surface area contributed by atoms with Crippen molar-refractivity contribution in [3.63, 3.8) is 0 Å². The molecule has 4 rings (SSSR count). The zero-order chi connectivity index (χ0) is 7.97. The Morgan fingerprint density at radius 2 is 2.00 bits per heavy atom. The molecule has 0 aromatic rings. The van der Waals surface area contributed by atoms with E-state index in [1.165, 1.54) is 25.7 Å². The molecule has 0 aromatic heterocycles. The number of rotatable bonds is 1. The highest BCUT2D eigenvalue weighted by molar-refractivity contribution is 5.09. The molecule has 2 heteroatoms. The van der Waals surface area contributed by atoms with E-state index < -0.39 is 0 Å². The van der Waals surface area contributed by atoms with Gasteiger partial charge in [0, 0.05) is 24.7 Å². The van der Waals surface area contributed by atoms with Gasteiger partial charge >= 0.3 is 0 Å². The molecule has 0 spiro atoms. The van der Waals surface area contributed by atoms with Crippen molar-refractivity contribution >= 4 is 0 Å². The summed E-state index contributed by atoms with van der Waals surface area (Å²) in [6.45, 7) is 1.16. The quantitative estimate of drug-likeness (QED) is 0.624. The molecule has 2 nitrogen and oxygen atoms in total. The van der Waals surface area contributed by atoms with Gasteiger partial charge in [0.2, 0.25) is 0 Å². The second kappa shape index (κ2) is 2.49. The van der Waals surface area contributed by atoms with E-state index in [0.717, 1.165) is 24.7 Å². The Morgan fingerprint density at radius 3 is 2.58 bits per heavy atom. The first kappa shape index (κ1) is 6.96. The molecule has 4 aliphatic rings. The van der Waals surface area contributed by atoms with Gasteiger partial charge in [0.25, 0.3) is 0 Å². The molecule has 3 unspecified atom stereocenters. The van der Waals surface area contributed by atoms with Crippen molar-refractivity contribution in [2.75, 3.05) is 6.54 Å². The van der Waals surface area contributed by atoms with Gasteiger partial charge in [0.05, 0.1) is 0 Å². The monoisotopic (exact) mass is 164 g/mol. The van der Waals surface area contributed by atoms with E-state index in [9.17, 15) is 0 Å². The van der Waals surface area contributed by atoms with Crippen LogP contribution in [-0.4, -0.2) is 29.6 Å². The van der Waals surface area contributed by atoms with Crippen LogP contribution in [0.25, 0.3) is 0 Å². The SMILES string of the molecule is C1=CC(N2C3CCC2C3)CCN1. The lowest BCUT2D eigenvalue weighted by Gasteiger charge is -2.46. The van der Waals surface area contributed by atoms with Crippen molar-refractivity contribution in [2.45, 2.75) is 43.8 Å². The minimum absolute atomic E-state index is 0.762. The van der Waals surface area contributed by atoms with Crippen molar-refractivity contribution in [2.24, 2.45) is 0 Å². The topological polar surface area (TPSA) is 15.3 Å². The highest BCUT2D eigenvalue weighted by Crippen LogP contribution is 2.42. The number of nitrogens with one attached hydrogen (secondary N) is 1. The molecule has 2 bridgehead atoms. The van der Waals surface area contributed by atoms with Crippen LogP contribution in [0.3, 0.4) is 0 Å². The largest absolute Gasteiger partial charge is 0.391 e. The van der Waals surface area contributed by atoms with Crippen LogP contribution in [0, 0.1) is 0 Å². The fourth-order valence-electron chi connectivity index (χ4n) is 3.02. The number of hydrogen-bond donors (Lipinski definition) is 1. The third kappa shape index (κ3) is 0.845. The van der Waals surface area contributed by atoms with Crippen molar-refractivity contribution in [3.05, 3.63) is 12.3 Å². The Labute approximate surface area is 73.6 Å². The lowest BCUT2D eigenvalue weighted by Crippen LogP contribution is -2.54. The predicted octanol–water partition coefficient (Wildman–Crippen LogP) is 1.10. The Kier molecular flexibility index (Phi) is 1.44. The van der Waals surface area contributed by atoms with Crippen LogP contribution in [0.1, 0.15) is 25.7 Å². The van der Waals surface area contributed by atoms with Gasteiger partial charge in [-0.25, -0.2) is 0 Å². The summed E-state index contributed by atoms with van der Waals surface area (Å²) < 4.78 is 0. The van der Waals surface area contributed by atoms with Gasteiger partial charge in [-0.3, -0.25) is 4.90 Å². The third-order valence-electron chi connectivity index (χ3n) is 3.62. The lowest BCUT2D eigenvalue weighted by molar-refractivity contribution is 0.0443. The molecule has 2 saturated heterocycles. The van der Waals surface area contributed by atoms with E-state index >= 15 is 0 Å². The van der Waals surface area contributed by atoms with Gasteiger partial charge in [0.1, 0.15) is 0 Å². The molecule has 0 radical (unpaired) electrons. The third-order valence-corrected chi connectivity index (χ3v) is 3.62. The number of nitrogens with zero attached hydrogens (tertiary/aromatic N) is 1. The molecule has 3 aliphatic heterocycles. The van der Waals surface area contributed by atoms with E-state index in [0.29, 0.717) is 0 Å². The predicted molar refractivity (Wildman–Crippen MR) is 48.8 cm³/mol. The minimum Gasteiger partial charge on any atom is -0.391 e. The highest BCUT2D eigenvalue weighted by atomic mass is 15.3.